The van der Waals surface area contributed by atoms with E-state index in [1.807, 2.05) is 7.05 Å². The number of nitrogens with one attached hydrogen (secondary N) is 1. The molecule has 0 saturated heterocycles. The van der Waals surface area contributed by atoms with Crippen molar-refractivity contribution < 1.29 is 5.11 Å². The van der Waals surface area contributed by atoms with Gasteiger partial charge in [-0.05, 0) is 26.3 Å². The lowest BCUT2D eigenvalue weighted by molar-refractivity contribution is 0.0143. The van der Waals surface area contributed by atoms with Crippen molar-refractivity contribution in [1.82, 2.24) is 14.5 Å². The molecule has 0 bridgehead atoms. The molecule has 5 nitrogen and oxygen atoms in total. The first kappa shape index (κ1) is 14.7. The SMILES string of the molecule is CCCNc1snnc1CN(C)CC1(O)CCCC1. The van der Waals surface area contributed by atoms with Crippen molar-refractivity contribution in [3.63, 3.8) is 0 Å². The van der Waals surface area contributed by atoms with E-state index in [0.717, 1.165) is 62.4 Å². The van der Waals surface area contributed by atoms with Gasteiger partial charge in [0.25, 0.3) is 0 Å². The Labute approximate surface area is 119 Å². The molecule has 0 atom stereocenters. The number of rotatable bonds is 7. The van der Waals surface area contributed by atoms with Gasteiger partial charge in [0.05, 0.1) is 5.60 Å². The molecule has 1 saturated carbocycles. The van der Waals surface area contributed by atoms with E-state index in [0.29, 0.717) is 0 Å². The van der Waals surface area contributed by atoms with Crippen LogP contribution in [0.5, 0.6) is 0 Å². The fourth-order valence-corrected chi connectivity index (χ4v) is 3.29. The van der Waals surface area contributed by atoms with Crippen LogP contribution in [0, 0.1) is 0 Å². The lowest BCUT2D eigenvalue weighted by Gasteiger charge is -2.28. The van der Waals surface area contributed by atoms with Crippen molar-refractivity contribution in [2.75, 3.05) is 25.5 Å². The fourth-order valence-electron chi connectivity index (χ4n) is 2.69. The average molecular weight is 284 g/mol. The Balaban J connectivity index is 1.87. The third-order valence-corrected chi connectivity index (χ3v) is 4.34. The Morgan fingerprint density at radius 3 is 2.84 bits per heavy atom. The van der Waals surface area contributed by atoms with Crippen LogP contribution in [0.4, 0.5) is 5.00 Å². The first-order chi connectivity index (χ1) is 9.13. The van der Waals surface area contributed by atoms with E-state index in [1.165, 1.54) is 11.5 Å². The topological polar surface area (TPSA) is 61.3 Å². The normalized spacial score (nSPS) is 18.1. The number of nitrogens with zero attached hydrogens (tertiary/aromatic N) is 3. The van der Waals surface area contributed by atoms with E-state index >= 15 is 0 Å². The molecular weight excluding hydrogens is 260 g/mol. The van der Waals surface area contributed by atoms with Crippen LogP contribution in [0.2, 0.25) is 0 Å². The molecule has 1 aromatic rings. The highest BCUT2D eigenvalue weighted by Crippen LogP contribution is 2.30. The zero-order valence-corrected chi connectivity index (χ0v) is 12.7. The van der Waals surface area contributed by atoms with Gasteiger partial charge in [-0.3, -0.25) is 4.90 Å². The van der Waals surface area contributed by atoms with Crippen molar-refractivity contribution in [2.45, 2.75) is 51.2 Å². The molecule has 0 amide bonds. The van der Waals surface area contributed by atoms with Crippen molar-refractivity contribution in [1.29, 1.82) is 0 Å². The third-order valence-electron chi connectivity index (χ3n) is 3.61. The quantitative estimate of drug-likeness (QED) is 0.803. The van der Waals surface area contributed by atoms with Gasteiger partial charge in [0, 0.05) is 31.2 Å². The van der Waals surface area contributed by atoms with E-state index in [-0.39, 0.29) is 0 Å². The van der Waals surface area contributed by atoms with Crippen LogP contribution in [0.15, 0.2) is 0 Å². The molecule has 0 unspecified atom stereocenters. The molecule has 2 N–H and O–H groups in total. The maximum atomic E-state index is 10.4. The number of likely N-dealkylation sites (N-methyl/N-ethyl adjacent to an activating group) is 1. The second-order valence-electron chi connectivity index (χ2n) is 5.58. The van der Waals surface area contributed by atoms with Crippen LogP contribution in [0.25, 0.3) is 0 Å². The summed E-state index contributed by atoms with van der Waals surface area (Å²) in [6.07, 6.45) is 5.23. The van der Waals surface area contributed by atoms with Crippen LogP contribution in [0.3, 0.4) is 0 Å². The first-order valence-electron chi connectivity index (χ1n) is 7.09. The van der Waals surface area contributed by atoms with Gasteiger partial charge >= 0.3 is 0 Å². The van der Waals surface area contributed by atoms with Crippen molar-refractivity contribution in [3.05, 3.63) is 5.69 Å². The molecule has 1 aliphatic rings. The highest BCUT2D eigenvalue weighted by molar-refractivity contribution is 7.10. The summed E-state index contributed by atoms with van der Waals surface area (Å²) in [5, 5.41) is 19.0. The van der Waals surface area contributed by atoms with Gasteiger partial charge in [-0.25, -0.2) is 0 Å². The van der Waals surface area contributed by atoms with Crippen LogP contribution in [0.1, 0.15) is 44.7 Å². The molecule has 1 heterocycles. The summed E-state index contributed by atoms with van der Waals surface area (Å²) in [6, 6.07) is 0. The molecule has 6 heteroatoms. The molecule has 1 fully saturated rings. The summed E-state index contributed by atoms with van der Waals surface area (Å²) in [7, 11) is 2.04. The molecule has 0 aliphatic heterocycles. The Bertz CT molecular complexity index is 390. The first-order valence-corrected chi connectivity index (χ1v) is 7.86. The van der Waals surface area contributed by atoms with E-state index in [4.69, 9.17) is 0 Å². The largest absolute Gasteiger partial charge is 0.389 e. The molecule has 0 aromatic carbocycles. The third kappa shape index (κ3) is 4.12. The highest BCUT2D eigenvalue weighted by atomic mass is 32.1. The number of anilines is 1. The number of aliphatic hydroxyl groups is 1. The molecule has 19 heavy (non-hydrogen) atoms. The smallest absolute Gasteiger partial charge is 0.134 e. The molecule has 1 aromatic heterocycles. The second-order valence-corrected chi connectivity index (χ2v) is 6.33. The van der Waals surface area contributed by atoms with Gasteiger partial charge in [-0.2, -0.15) is 0 Å². The standard InChI is InChI=1S/C13H24N4OS/c1-3-8-14-12-11(15-16-19-12)9-17(2)10-13(18)6-4-5-7-13/h14,18H,3-10H2,1-2H3. The van der Waals surface area contributed by atoms with Crippen molar-refractivity contribution in [3.8, 4) is 0 Å². The summed E-state index contributed by atoms with van der Waals surface area (Å²) in [6.45, 7) is 4.55. The number of hydrogen-bond acceptors (Lipinski definition) is 6. The van der Waals surface area contributed by atoms with Crippen LogP contribution >= 0.6 is 11.5 Å². The lowest BCUT2D eigenvalue weighted by atomic mass is 10.0. The molecule has 0 radical (unpaired) electrons. The van der Waals surface area contributed by atoms with Gasteiger partial charge in [-0.15, -0.1) is 5.10 Å². The Kier molecular flexibility index (Phi) is 5.13. The minimum absolute atomic E-state index is 0.491. The minimum atomic E-state index is -0.491. The molecule has 2 rings (SSSR count). The zero-order chi connectivity index (χ0) is 13.7. The van der Waals surface area contributed by atoms with E-state index < -0.39 is 5.60 Å². The van der Waals surface area contributed by atoms with Gasteiger partial charge in [0.2, 0.25) is 0 Å². The van der Waals surface area contributed by atoms with Gasteiger partial charge < -0.3 is 10.4 Å². The van der Waals surface area contributed by atoms with Gasteiger partial charge in [-0.1, -0.05) is 24.3 Å². The maximum Gasteiger partial charge on any atom is 0.134 e. The van der Waals surface area contributed by atoms with E-state index in [2.05, 4.69) is 26.7 Å². The molecule has 0 spiro atoms. The summed E-state index contributed by atoms with van der Waals surface area (Å²) >= 11 is 1.41. The Hall–Kier alpha value is -0.720. The van der Waals surface area contributed by atoms with Crippen LogP contribution in [-0.4, -0.2) is 45.3 Å². The fraction of sp³-hybridized carbons (Fsp3) is 0.846. The number of hydrogen-bond donors (Lipinski definition) is 2. The number of aromatic nitrogens is 2. The van der Waals surface area contributed by atoms with Crippen LogP contribution < -0.4 is 5.32 Å². The summed E-state index contributed by atoms with van der Waals surface area (Å²) in [5.41, 5.74) is 0.498. The Morgan fingerprint density at radius 1 is 1.42 bits per heavy atom. The van der Waals surface area contributed by atoms with Crippen molar-refractivity contribution >= 4 is 16.5 Å². The summed E-state index contributed by atoms with van der Waals surface area (Å²) in [5.74, 6) is 0. The molecular formula is C13H24N4OS. The zero-order valence-electron chi connectivity index (χ0n) is 11.9. The predicted octanol–water partition coefficient (Wildman–Crippen LogP) is 2.10. The van der Waals surface area contributed by atoms with Gasteiger partial charge in [0.15, 0.2) is 0 Å². The van der Waals surface area contributed by atoms with Crippen molar-refractivity contribution in [2.24, 2.45) is 0 Å². The lowest BCUT2D eigenvalue weighted by Crippen LogP contribution is -2.38. The second kappa shape index (κ2) is 6.63. The summed E-state index contributed by atoms with van der Waals surface area (Å²) < 4.78 is 4.02. The molecule has 1 aliphatic carbocycles. The monoisotopic (exact) mass is 284 g/mol. The van der Waals surface area contributed by atoms with Crippen LogP contribution in [-0.2, 0) is 6.54 Å². The maximum absolute atomic E-state index is 10.4. The van der Waals surface area contributed by atoms with Gasteiger partial charge in [0.1, 0.15) is 10.7 Å². The van der Waals surface area contributed by atoms with E-state index in [1.54, 1.807) is 0 Å². The predicted molar refractivity (Wildman–Crippen MR) is 78.4 cm³/mol. The average Bonchev–Trinajstić information content (AvgIpc) is 2.96. The summed E-state index contributed by atoms with van der Waals surface area (Å²) in [4.78, 5) is 2.15. The van der Waals surface area contributed by atoms with E-state index in [9.17, 15) is 5.11 Å². The molecule has 108 valence electrons. The highest BCUT2D eigenvalue weighted by Gasteiger charge is 2.32. The minimum Gasteiger partial charge on any atom is -0.389 e. The Morgan fingerprint density at radius 2 is 2.16 bits per heavy atom.